The first-order valence-corrected chi connectivity index (χ1v) is 6.69. The summed E-state index contributed by atoms with van der Waals surface area (Å²) in [5.74, 6) is 1.81. The summed E-state index contributed by atoms with van der Waals surface area (Å²) in [6, 6.07) is 8.44. The van der Waals surface area contributed by atoms with Gasteiger partial charge in [0.15, 0.2) is 0 Å². The van der Waals surface area contributed by atoms with Crippen LogP contribution in [0.25, 0.3) is 0 Å². The second-order valence-corrected chi connectivity index (χ2v) is 5.61. The van der Waals surface area contributed by atoms with Crippen LogP contribution in [0.3, 0.4) is 0 Å². The number of rotatable bonds is 4. The van der Waals surface area contributed by atoms with Gasteiger partial charge < -0.3 is 4.57 Å². The van der Waals surface area contributed by atoms with Gasteiger partial charge >= 0.3 is 0 Å². The minimum absolute atomic E-state index is 0.640. The second kappa shape index (κ2) is 5.50. The summed E-state index contributed by atoms with van der Waals surface area (Å²) in [6.07, 6.45) is 4.97. The monoisotopic (exact) mass is 292 g/mol. The van der Waals surface area contributed by atoms with Crippen molar-refractivity contribution in [2.24, 2.45) is 5.92 Å². The van der Waals surface area contributed by atoms with E-state index in [9.17, 15) is 0 Å². The SMILES string of the molecule is CC(C)Cc1nccn1Cc1ccc(Br)cc1. The lowest BCUT2D eigenvalue weighted by Crippen LogP contribution is -2.07. The van der Waals surface area contributed by atoms with E-state index in [1.165, 1.54) is 11.4 Å². The van der Waals surface area contributed by atoms with E-state index in [0.717, 1.165) is 17.4 Å². The molecule has 0 spiro atoms. The lowest BCUT2D eigenvalue weighted by atomic mass is 10.1. The van der Waals surface area contributed by atoms with E-state index in [1.54, 1.807) is 0 Å². The molecule has 2 aromatic rings. The highest BCUT2D eigenvalue weighted by molar-refractivity contribution is 9.10. The van der Waals surface area contributed by atoms with Crippen LogP contribution in [0.4, 0.5) is 0 Å². The predicted octanol–water partition coefficient (Wildman–Crippen LogP) is 3.89. The fraction of sp³-hybridized carbons (Fsp3) is 0.357. The first-order chi connectivity index (χ1) is 8.15. The Hall–Kier alpha value is -1.09. The van der Waals surface area contributed by atoms with Crippen molar-refractivity contribution in [3.8, 4) is 0 Å². The van der Waals surface area contributed by atoms with Crippen LogP contribution in [0.2, 0.25) is 0 Å². The summed E-state index contributed by atoms with van der Waals surface area (Å²) < 4.78 is 3.35. The Morgan fingerprint density at radius 1 is 1.24 bits per heavy atom. The predicted molar refractivity (Wildman–Crippen MR) is 74.0 cm³/mol. The van der Waals surface area contributed by atoms with Gasteiger partial charge in [0.1, 0.15) is 5.82 Å². The highest BCUT2D eigenvalue weighted by Gasteiger charge is 2.05. The molecule has 0 N–H and O–H groups in total. The summed E-state index contributed by atoms with van der Waals surface area (Å²) in [5, 5.41) is 0. The highest BCUT2D eigenvalue weighted by atomic mass is 79.9. The minimum atomic E-state index is 0.640. The molecule has 1 heterocycles. The van der Waals surface area contributed by atoms with Crippen LogP contribution >= 0.6 is 15.9 Å². The van der Waals surface area contributed by atoms with E-state index in [0.29, 0.717) is 5.92 Å². The van der Waals surface area contributed by atoms with E-state index in [-0.39, 0.29) is 0 Å². The smallest absolute Gasteiger partial charge is 0.109 e. The van der Waals surface area contributed by atoms with Gasteiger partial charge in [-0.05, 0) is 23.6 Å². The van der Waals surface area contributed by atoms with E-state index in [1.807, 2.05) is 6.20 Å². The van der Waals surface area contributed by atoms with E-state index in [4.69, 9.17) is 0 Å². The number of imidazole rings is 1. The Morgan fingerprint density at radius 2 is 1.94 bits per heavy atom. The van der Waals surface area contributed by atoms with Crippen molar-refractivity contribution in [1.29, 1.82) is 0 Å². The highest BCUT2D eigenvalue weighted by Crippen LogP contribution is 2.13. The van der Waals surface area contributed by atoms with Crippen molar-refractivity contribution in [3.63, 3.8) is 0 Å². The molecule has 0 radical (unpaired) electrons. The molecule has 90 valence electrons. The molecular weight excluding hydrogens is 276 g/mol. The van der Waals surface area contributed by atoms with Crippen molar-refractivity contribution in [2.75, 3.05) is 0 Å². The number of aromatic nitrogens is 2. The molecule has 0 bridgehead atoms. The van der Waals surface area contributed by atoms with Gasteiger partial charge in [0.05, 0.1) is 0 Å². The molecule has 0 aliphatic rings. The Bertz CT molecular complexity index is 471. The molecule has 0 saturated heterocycles. The molecule has 0 saturated carbocycles. The first-order valence-electron chi connectivity index (χ1n) is 5.89. The Labute approximate surface area is 111 Å². The summed E-state index contributed by atoms with van der Waals surface area (Å²) in [4.78, 5) is 4.42. The van der Waals surface area contributed by atoms with Gasteiger partial charge in [-0.3, -0.25) is 0 Å². The Balaban J connectivity index is 2.13. The summed E-state index contributed by atoms with van der Waals surface area (Å²) in [7, 11) is 0. The number of hydrogen-bond acceptors (Lipinski definition) is 1. The van der Waals surface area contributed by atoms with Gasteiger partial charge in [0, 0.05) is 29.8 Å². The molecule has 0 aliphatic heterocycles. The summed E-state index contributed by atoms with van der Waals surface area (Å²) in [6.45, 7) is 5.34. The zero-order valence-corrected chi connectivity index (χ0v) is 11.8. The first kappa shape index (κ1) is 12.4. The average Bonchev–Trinajstić information content (AvgIpc) is 2.68. The van der Waals surface area contributed by atoms with E-state index < -0.39 is 0 Å². The minimum Gasteiger partial charge on any atom is -0.331 e. The number of nitrogens with zero attached hydrogens (tertiary/aromatic N) is 2. The van der Waals surface area contributed by atoms with E-state index in [2.05, 4.69) is 69.8 Å². The molecule has 0 atom stereocenters. The lowest BCUT2D eigenvalue weighted by Gasteiger charge is -2.09. The Morgan fingerprint density at radius 3 is 2.59 bits per heavy atom. The molecule has 2 rings (SSSR count). The molecular formula is C14H17BrN2. The lowest BCUT2D eigenvalue weighted by molar-refractivity contribution is 0.590. The fourth-order valence-corrected chi connectivity index (χ4v) is 2.09. The zero-order chi connectivity index (χ0) is 12.3. The maximum atomic E-state index is 4.42. The third-order valence-electron chi connectivity index (χ3n) is 2.66. The van der Waals surface area contributed by atoms with Gasteiger partial charge in [-0.25, -0.2) is 4.98 Å². The zero-order valence-electron chi connectivity index (χ0n) is 10.2. The van der Waals surface area contributed by atoms with Gasteiger partial charge in [0.25, 0.3) is 0 Å². The number of hydrogen-bond donors (Lipinski definition) is 0. The molecule has 0 aliphatic carbocycles. The third-order valence-corrected chi connectivity index (χ3v) is 3.19. The quantitative estimate of drug-likeness (QED) is 0.836. The molecule has 2 nitrogen and oxygen atoms in total. The molecule has 0 unspecified atom stereocenters. The second-order valence-electron chi connectivity index (χ2n) is 4.70. The standard InChI is InChI=1S/C14H17BrN2/c1-11(2)9-14-16-7-8-17(14)10-12-3-5-13(15)6-4-12/h3-8,11H,9-10H2,1-2H3. The maximum absolute atomic E-state index is 4.42. The molecule has 0 amide bonds. The van der Waals surface area contributed by atoms with Crippen LogP contribution in [0.5, 0.6) is 0 Å². The van der Waals surface area contributed by atoms with E-state index >= 15 is 0 Å². The van der Waals surface area contributed by atoms with Crippen LogP contribution in [0, 0.1) is 5.92 Å². The van der Waals surface area contributed by atoms with Crippen LogP contribution < -0.4 is 0 Å². The fourth-order valence-electron chi connectivity index (χ4n) is 1.83. The largest absolute Gasteiger partial charge is 0.331 e. The van der Waals surface area contributed by atoms with Crippen molar-refractivity contribution in [2.45, 2.75) is 26.8 Å². The van der Waals surface area contributed by atoms with Gasteiger partial charge in [-0.15, -0.1) is 0 Å². The molecule has 3 heteroatoms. The maximum Gasteiger partial charge on any atom is 0.109 e. The van der Waals surface area contributed by atoms with Gasteiger partial charge in [0.2, 0.25) is 0 Å². The van der Waals surface area contributed by atoms with Crippen molar-refractivity contribution < 1.29 is 0 Å². The molecule has 1 aromatic carbocycles. The Kier molecular flexibility index (Phi) is 4.00. The molecule has 0 fully saturated rings. The summed E-state index contributed by atoms with van der Waals surface area (Å²) >= 11 is 3.45. The van der Waals surface area contributed by atoms with Crippen molar-refractivity contribution in [1.82, 2.24) is 9.55 Å². The van der Waals surface area contributed by atoms with Gasteiger partial charge in [-0.2, -0.15) is 0 Å². The molecule has 1 aromatic heterocycles. The number of halogens is 1. The molecule has 17 heavy (non-hydrogen) atoms. The summed E-state index contributed by atoms with van der Waals surface area (Å²) in [5.41, 5.74) is 1.30. The third kappa shape index (κ3) is 3.43. The van der Waals surface area contributed by atoms with Crippen LogP contribution in [0.15, 0.2) is 41.1 Å². The normalized spacial score (nSPS) is 11.1. The van der Waals surface area contributed by atoms with Crippen LogP contribution in [-0.2, 0) is 13.0 Å². The van der Waals surface area contributed by atoms with Crippen molar-refractivity contribution in [3.05, 3.63) is 52.5 Å². The number of benzene rings is 1. The van der Waals surface area contributed by atoms with Gasteiger partial charge in [-0.1, -0.05) is 41.9 Å². The topological polar surface area (TPSA) is 17.8 Å². The average molecular weight is 293 g/mol. The van der Waals surface area contributed by atoms with Crippen molar-refractivity contribution >= 4 is 15.9 Å². The van der Waals surface area contributed by atoms with Crippen LogP contribution in [-0.4, -0.2) is 9.55 Å². The van der Waals surface area contributed by atoms with Crippen LogP contribution in [0.1, 0.15) is 25.2 Å².